The fourth-order valence-corrected chi connectivity index (χ4v) is 2.04. The number of H-pyrrole nitrogens is 1. The van der Waals surface area contributed by atoms with E-state index in [2.05, 4.69) is 10.3 Å². The minimum absolute atomic E-state index is 0. The van der Waals surface area contributed by atoms with Gasteiger partial charge in [0.1, 0.15) is 5.69 Å². The molecule has 0 spiro atoms. The second kappa shape index (κ2) is 5.19. The van der Waals surface area contributed by atoms with Gasteiger partial charge < -0.3 is 15.4 Å². The average molecular weight is 231 g/mol. The molecule has 0 atom stereocenters. The smallest absolute Gasteiger partial charge is 0.352 e. The summed E-state index contributed by atoms with van der Waals surface area (Å²) < 4.78 is 0. The predicted molar refractivity (Wildman–Crippen MR) is 59.8 cm³/mol. The average Bonchev–Trinajstić information content (AvgIpc) is 2.67. The maximum atomic E-state index is 10.9. The molecule has 2 heterocycles. The molecule has 0 bridgehead atoms. The molecular formula is C10H15ClN2O2. The van der Waals surface area contributed by atoms with Crippen LogP contribution in [0.4, 0.5) is 0 Å². The van der Waals surface area contributed by atoms with Gasteiger partial charge >= 0.3 is 5.97 Å². The van der Waals surface area contributed by atoms with E-state index in [9.17, 15) is 4.79 Å². The van der Waals surface area contributed by atoms with Gasteiger partial charge in [0.2, 0.25) is 0 Å². The van der Waals surface area contributed by atoms with Crippen LogP contribution in [-0.4, -0.2) is 29.1 Å². The largest absolute Gasteiger partial charge is 0.477 e. The summed E-state index contributed by atoms with van der Waals surface area (Å²) in [5.41, 5.74) is 1.32. The molecule has 0 unspecified atom stereocenters. The van der Waals surface area contributed by atoms with E-state index in [1.807, 2.05) is 6.07 Å². The number of halogens is 1. The van der Waals surface area contributed by atoms with Gasteiger partial charge in [-0.2, -0.15) is 0 Å². The molecule has 0 aliphatic carbocycles. The number of carbonyl (C=O) groups is 1. The van der Waals surface area contributed by atoms with E-state index in [0.717, 1.165) is 31.5 Å². The van der Waals surface area contributed by atoms with Crippen LogP contribution in [-0.2, 0) is 0 Å². The summed E-state index contributed by atoms with van der Waals surface area (Å²) in [5, 5.41) is 12.2. The lowest BCUT2D eigenvalue weighted by atomic mass is 9.90. The summed E-state index contributed by atoms with van der Waals surface area (Å²) in [7, 11) is 0. The second-order valence-electron chi connectivity index (χ2n) is 3.64. The van der Waals surface area contributed by atoms with Crippen molar-refractivity contribution >= 4 is 18.4 Å². The highest BCUT2D eigenvalue weighted by atomic mass is 35.5. The summed E-state index contributed by atoms with van der Waals surface area (Å²) in [5.74, 6) is -0.461. The Hall–Kier alpha value is -1.00. The Kier molecular flexibility index (Phi) is 4.17. The molecule has 0 aromatic carbocycles. The van der Waals surface area contributed by atoms with Crippen molar-refractivity contribution in [2.45, 2.75) is 18.8 Å². The standard InChI is InChI=1S/C10H14N2O2.ClH/c13-10(14)9-8(3-6-12-9)7-1-4-11-5-2-7;/h3,6-7,11-12H,1-2,4-5H2,(H,13,14);1H. The van der Waals surface area contributed by atoms with Gasteiger partial charge in [0.05, 0.1) is 0 Å². The first kappa shape index (κ1) is 12.1. The Morgan fingerprint density at radius 1 is 1.40 bits per heavy atom. The molecule has 2 rings (SSSR count). The zero-order valence-corrected chi connectivity index (χ0v) is 9.14. The Morgan fingerprint density at radius 2 is 2.07 bits per heavy atom. The first-order valence-electron chi connectivity index (χ1n) is 4.90. The maximum Gasteiger partial charge on any atom is 0.352 e. The van der Waals surface area contributed by atoms with Gasteiger partial charge in [0, 0.05) is 6.20 Å². The topological polar surface area (TPSA) is 65.1 Å². The van der Waals surface area contributed by atoms with Gasteiger partial charge in [0.25, 0.3) is 0 Å². The summed E-state index contributed by atoms with van der Waals surface area (Å²) >= 11 is 0. The number of aromatic amines is 1. The zero-order valence-electron chi connectivity index (χ0n) is 8.32. The molecular weight excluding hydrogens is 216 g/mol. The number of rotatable bonds is 2. The molecule has 1 aliphatic heterocycles. The molecule has 1 fully saturated rings. The number of aromatic carboxylic acids is 1. The van der Waals surface area contributed by atoms with Crippen molar-refractivity contribution in [3.05, 3.63) is 23.5 Å². The molecule has 0 saturated carbocycles. The van der Waals surface area contributed by atoms with E-state index in [-0.39, 0.29) is 12.4 Å². The number of aromatic nitrogens is 1. The third-order valence-corrected chi connectivity index (χ3v) is 2.77. The Morgan fingerprint density at radius 3 is 2.67 bits per heavy atom. The van der Waals surface area contributed by atoms with Crippen LogP contribution in [0, 0.1) is 0 Å². The lowest BCUT2D eigenvalue weighted by molar-refractivity contribution is 0.0689. The van der Waals surface area contributed by atoms with Crippen LogP contribution in [0.2, 0.25) is 0 Å². The van der Waals surface area contributed by atoms with Crippen molar-refractivity contribution in [1.82, 2.24) is 10.3 Å². The van der Waals surface area contributed by atoms with Crippen LogP contribution in [0.5, 0.6) is 0 Å². The lowest BCUT2D eigenvalue weighted by Crippen LogP contribution is -2.27. The first-order valence-corrected chi connectivity index (χ1v) is 4.90. The lowest BCUT2D eigenvalue weighted by Gasteiger charge is -2.22. The fourth-order valence-electron chi connectivity index (χ4n) is 2.04. The summed E-state index contributed by atoms with van der Waals surface area (Å²) in [6, 6.07) is 1.89. The van der Waals surface area contributed by atoms with E-state index < -0.39 is 5.97 Å². The van der Waals surface area contributed by atoms with Crippen molar-refractivity contribution in [3.8, 4) is 0 Å². The minimum Gasteiger partial charge on any atom is -0.477 e. The van der Waals surface area contributed by atoms with Crippen LogP contribution in [0.1, 0.15) is 34.8 Å². The predicted octanol–water partition coefficient (Wildman–Crippen LogP) is 1.60. The van der Waals surface area contributed by atoms with Gasteiger partial charge in [-0.15, -0.1) is 12.4 Å². The molecule has 84 valence electrons. The van der Waals surface area contributed by atoms with Crippen molar-refractivity contribution in [2.75, 3.05) is 13.1 Å². The SMILES string of the molecule is Cl.O=C(O)c1[nH]ccc1C1CCNCC1. The van der Waals surface area contributed by atoms with Gasteiger partial charge in [-0.05, 0) is 43.5 Å². The van der Waals surface area contributed by atoms with Gasteiger partial charge in [-0.25, -0.2) is 4.79 Å². The number of carboxylic acids is 1. The Balaban J connectivity index is 0.00000112. The number of carboxylic acid groups (broad SMARTS) is 1. The van der Waals surface area contributed by atoms with E-state index in [1.165, 1.54) is 0 Å². The quantitative estimate of drug-likeness (QED) is 0.723. The maximum absolute atomic E-state index is 10.9. The van der Waals surface area contributed by atoms with Gasteiger partial charge in [-0.1, -0.05) is 0 Å². The normalized spacial score (nSPS) is 17.1. The molecule has 3 N–H and O–H groups in total. The van der Waals surface area contributed by atoms with Crippen molar-refractivity contribution in [3.63, 3.8) is 0 Å². The molecule has 1 aromatic heterocycles. The number of piperidine rings is 1. The highest BCUT2D eigenvalue weighted by molar-refractivity contribution is 5.87. The molecule has 1 aliphatic rings. The second-order valence-corrected chi connectivity index (χ2v) is 3.64. The molecule has 0 radical (unpaired) electrons. The van der Waals surface area contributed by atoms with E-state index in [4.69, 9.17) is 5.11 Å². The highest BCUT2D eigenvalue weighted by Crippen LogP contribution is 2.27. The van der Waals surface area contributed by atoms with Crippen molar-refractivity contribution in [1.29, 1.82) is 0 Å². The summed E-state index contributed by atoms with van der Waals surface area (Å²) in [4.78, 5) is 13.7. The Labute approximate surface area is 94.5 Å². The molecule has 4 nitrogen and oxygen atoms in total. The van der Waals surface area contributed by atoms with Crippen LogP contribution in [0.25, 0.3) is 0 Å². The van der Waals surface area contributed by atoms with Gasteiger partial charge in [-0.3, -0.25) is 0 Å². The van der Waals surface area contributed by atoms with Crippen LogP contribution >= 0.6 is 12.4 Å². The zero-order chi connectivity index (χ0) is 9.97. The molecule has 1 saturated heterocycles. The number of hydrogen-bond acceptors (Lipinski definition) is 2. The Bertz CT molecular complexity index is 332. The molecule has 15 heavy (non-hydrogen) atoms. The third kappa shape index (κ3) is 2.52. The third-order valence-electron chi connectivity index (χ3n) is 2.77. The van der Waals surface area contributed by atoms with Gasteiger partial charge in [0.15, 0.2) is 0 Å². The van der Waals surface area contributed by atoms with Crippen molar-refractivity contribution in [2.24, 2.45) is 0 Å². The molecule has 1 aromatic rings. The number of hydrogen-bond donors (Lipinski definition) is 3. The van der Waals surface area contributed by atoms with Crippen LogP contribution in [0.3, 0.4) is 0 Å². The monoisotopic (exact) mass is 230 g/mol. The first-order chi connectivity index (χ1) is 6.79. The summed E-state index contributed by atoms with van der Waals surface area (Å²) in [6.07, 6.45) is 3.76. The van der Waals surface area contributed by atoms with Crippen molar-refractivity contribution < 1.29 is 9.90 Å². The van der Waals surface area contributed by atoms with Crippen LogP contribution < -0.4 is 5.32 Å². The minimum atomic E-state index is -0.858. The highest BCUT2D eigenvalue weighted by Gasteiger charge is 2.21. The molecule has 0 amide bonds. The van der Waals surface area contributed by atoms with E-state index in [0.29, 0.717) is 11.6 Å². The van der Waals surface area contributed by atoms with E-state index >= 15 is 0 Å². The van der Waals surface area contributed by atoms with E-state index in [1.54, 1.807) is 6.20 Å². The van der Waals surface area contributed by atoms with Crippen LogP contribution in [0.15, 0.2) is 12.3 Å². The summed E-state index contributed by atoms with van der Waals surface area (Å²) in [6.45, 7) is 1.96. The fraction of sp³-hybridized carbons (Fsp3) is 0.500. The molecule has 5 heteroatoms. The number of nitrogens with one attached hydrogen (secondary N) is 2.